The van der Waals surface area contributed by atoms with Crippen LogP contribution in [0.1, 0.15) is 51.5 Å². The summed E-state index contributed by atoms with van der Waals surface area (Å²) in [5.74, 6) is 0. The van der Waals surface area contributed by atoms with Crippen molar-refractivity contribution in [1.29, 1.82) is 0 Å². The van der Waals surface area contributed by atoms with Gasteiger partial charge >= 0.3 is 0 Å². The monoisotopic (exact) mass is 285 g/mol. The predicted octanol–water partition coefficient (Wildman–Crippen LogP) is 3.35. The first kappa shape index (κ1) is 16.6. The van der Waals surface area contributed by atoms with E-state index in [0.717, 1.165) is 12.8 Å². The predicted molar refractivity (Wildman–Crippen MR) is 81.7 cm³/mol. The fourth-order valence-corrected chi connectivity index (χ4v) is 2.64. The molecule has 0 saturated heterocycles. The summed E-state index contributed by atoms with van der Waals surface area (Å²) in [5, 5.41) is 15.5. The molecule has 0 aromatic carbocycles. The van der Waals surface area contributed by atoms with E-state index in [4.69, 9.17) is 4.74 Å². The van der Waals surface area contributed by atoms with Crippen LogP contribution in [0.25, 0.3) is 0 Å². The van der Waals surface area contributed by atoms with Crippen LogP contribution in [0.2, 0.25) is 0 Å². The molecule has 1 aromatic rings. The van der Waals surface area contributed by atoms with Crippen molar-refractivity contribution in [2.45, 2.75) is 58.3 Å². The number of hydrogen-bond acceptors (Lipinski definition) is 4. The lowest BCUT2D eigenvalue weighted by Gasteiger charge is -2.23. The Bertz CT molecular complexity index is 332. The summed E-state index contributed by atoms with van der Waals surface area (Å²) in [6, 6.07) is 4.56. The molecular weight excluding hydrogens is 258 g/mol. The summed E-state index contributed by atoms with van der Waals surface area (Å²) in [7, 11) is 0. The van der Waals surface area contributed by atoms with E-state index < -0.39 is 6.10 Å². The lowest BCUT2D eigenvalue weighted by atomic mass is 10.1. The summed E-state index contributed by atoms with van der Waals surface area (Å²) in [5.41, 5.74) is -0.197. The zero-order chi connectivity index (χ0) is 14.3. The molecule has 0 saturated carbocycles. The third-order valence-electron chi connectivity index (χ3n) is 2.77. The lowest BCUT2D eigenvalue weighted by molar-refractivity contribution is -0.0484. The molecule has 0 spiro atoms. The molecule has 0 radical (unpaired) electrons. The van der Waals surface area contributed by atoms with Gasteiger partial charge in [-0.05, 0) is 38.6 Å². The Morgan fingerprint density at radius 2 is 2.16 bits per heavy atom. The molecule has 0 aliphatic carbocycles. The van der Waals surface area contributed by atoms with Crippen LogP contribution in [0.15, 0.2) is 17.5 Å². The van der Waals surface area contributed by atoms with Gasteiger partial charge in [-0.25, -0.2) is 0 Å². The largest absolute Gasteiger partial charge is 0.389 e. The molecule has 0 aliphatic rings. The van der Waals surface area contributed by atoms with Crippen LogP contribution in [0.4, 0.5) is 0 Å². The van der Waals surface area contributed by atoms with Crippen molar-refractivity contribution in [3.8, 4) is 0 Å². The molecule has 1 heterocycles. The summed E-state index contributed by atoms with van der Waals surface area (Å²) in [4.78, 5) is 1.34. The minimum Gasteiger partial charge on any atom is -0.389 e. The summed E-state index contributed by atoms with van der Waals surface area (Å²) >= 11 is 1.76. The molecule has 2 N–H and O–H groups in total. The van der Waals surface area contributed by atoms with Gasteiger partial charge in [0, 0.05) is 17.5 Å². The normalized spacial score (nSPS) is 15.4. The molecule has 4 heteroatoms. The van der Waals surface area contributed by atoms with E-state index in [1.54, 1.807) is 11.3 Å². The minimum atomic E-state index is -0.460. The van der Waals surface area contributed by atoms with Crippen LogP contribution < -0.4 is 5.32 Å². The van der Waals surface area contributed by atoms with E-state index in [1.165, 1.54) is 4.88 Å². The molecule has 1 rings (SSSR count). The van der Waals surface area contributed by atoms with Gasteiger partial charge in [-0.1, -0.05) is 19.4 Å². The Hall–Kier alpha value is -0.420. The van der Waals surface area contributed by atoms with E-state index in [9.17, 15) is 5.11 Å². The number of aliphatic hydroxyl groups excluding tert-OH is 1. The maximum atomic E-state index is 9.94. The van der Waals surface area contributed by atoms with Gasteiger partial charge in [0.25, 0.3) is 0 Å². The Balaban J connectivity index is 2.35. The molecular formula is C15H27NO2S. The molecule has 0 amide bonds. The molecule has 2 atom stereocenters. The average Bonchev–Trinajstić information content (AvgIpc) is 2.84. The summed E-state index contributed by atoms with van der Waals surface area (Å²) < 4.78 is 5.59. The molecule has 0 aliphatic heterocycles. The zero-order valence-electron chi connectivity index (χ0n) is 12.5. The smallest absolute Gasteiger partial charge is 0.0898 e. The molecule has 0 bridgehead atoms. The average molecular weight is 285 g/mol. The van der Waals surface area contributed by atoms with Crippen LogP contribution in [-0.2, 0) is 4.74 Å². The van der Waals surface area contributed by atoms with E-state index in [2.05, 4.69) is 29.8 Å². The van der Waals surface area contributed by atoms with Crippen LogP contribution in [0.3, 0.4) is 0 Å². The first-order valence-corrected chi connectivity index (χ1v) is 7.89. The van der Waals surface area contributed by atoms with Crippen LogP contribution in [0.5, 0.6) is 0 Å². The number of aliphatic hydroxyl groups is 1. The molecule has 2 unspecified atom stereocenters. The van der Waals surface area contributed by atoms with Crippen molar-refractivity contribution in [2.75, 3.05) is 13.2 Å². The van der Waals surface area contributed by atoms with Crippen molar-refractivity contribution in [1.82, 2.24) is 5.32 Å². The highest BCUT2D eigenvalue weighted by atomic mass is 32.1. The number of nitrogens with one attached hydrogen (secondary N) is 1. The van der Waals surface area contributed by atoms with Gasteiger partial charge < -0.3 is 15.2 Å². The van der Waals surface area contributed by atoms with Crippen LogP contribution in [-0.4, -0.2) is 30.0 Å². The number of thiophene rings is 1. The lowest BCUT2D eigenvalue weighted by Crippen LogP contribution is -2.35. The molecule has 1 aromatic heterocycles. The van der Waals surface area contributed by atoms with E-state index >= 15 is 0 Å². The van der Waals surface area contributed by atoms with Gasteiger partial charge in [-0.2, -0.15) is 0 Å². The fraction of sp³-hybridized carbons (Fsp3) is 0.733. The molecule has 110 valence electrons. The van der Waals surface area contributed by atoms with Gasteiger partial charge in [-0.15, -0.1) is 11.3 Å². The van der Waals surface area contributed by atoms with E-state index in [0.29, 0.717) is 19.2 Å². The SMILES string of the molecule is CCCC(NCC(O)COC(C)(C)C)c1cccs1. The van der Waals surface area contributed by atoms with Gasteiger partial charge in [0.2, 0.25) is 0 Å². The van der Waals surface area contributed by atoms with Gasteiger partial charge in [0.1, 0.15) is 0 Å². The third kappa shape index (κ3) is 7.06. The third-order valence-corrected chi connectivity index (χ3v) is 3.76. The topological polar surface area (TPSA) is 41.5 Å². The van der Waals surface area contributed by atoms with Crippen LogP contribution in [0, 0.1) is 0 Å². The van der Waals surface area contributed by atoms with E-state index in [-0.39, 0.29) is 5.60 Å². The highest BCUT2D eigenvalue weighted by Gasteiger charge is 2.16. The summed E-state index contributed by atoms with van der Waals surface area (Å²) in [6.45, 7) is 9.12. The minimum absolute atomic E-state index is 0.197. The fourth-order valence-electron chi connectivity index (χ4n) is 1.81. The first-order chi connectivity index (χ1) is 8.92. The quantitative estimate of drug-likeness (QED) is 0.769. The highest BCUT2D eigenvalue weighted by Crippen LogP contribution is 2.23. The summed E-state index contributed by atoms with van der Waals surface area (Å²) in [6.07, 6.45) is 1.76. The van der Waals surface area contributed by atoms with Gasteiger partial charge in [0.15, 0.2) is 0 Å². The van der Waals surface area contributed by atoms with Crippen molar-refractivity contribution >= 4 is 11.3 Å². The zero-order valence-corrected chi connectivity index (χ0v) is 13.3. The first-order valence-electron chi connectivity index (χ1n) is 7.01. The maximum absolute atomic E-state index is 9.94. The van der Waals surface area contributed by atoms with Gasteiger partial charge in [-0.3, -0.25) is 0 Å². The molecule has 3 nitrogen and oxygen atoms in total. The standard InChI is InChI=1S/C15H27NO2S/c1-5-7-13(14-8-6-9-19-14)16-10-12(17)11-18-15(2,3)4/h6,8-9,12-13,16-17H,5,7,10-11H2,1-4H3. The highest BCUT2D eigenvalue weighted by molar-refractivity contribution is 7.10. The molecule has 0 fully saturated rings. The van der Waals surface area contributed by atoms with Crippen molar-refractivity contribution in [2.24, 2.45) is 0 Å². The van der Waals surface area contributed by atoms with Crippen molar-refractivity contribution in [3.63, 3.8) is 0 Å². The second-order valence-electron chi connectivity index (χ2n) is 5.84. The number of rotatable bonds is 8. The van der Waals surface area contributed by atoms with Crippen molar-refractivity contribution in [3.05, 3.63) is 22.4 Å². The van der Waals surface area contributed by atoms with Gasteiger partial charge in [0.05, 0.1) is 18.3 Å². The Labute approximate surface area is 121 Å². The Morgan fingerprint density at radius 1 is 1.42 bits per heavy atom. The van der Waals surface area contributed by atoms with E-state index in [1.807, 2.05) is 20.8 Å². The Kier molecular flexibility index (Phi) is 7.00. The number of hydrogen-bond donors (Lipinski definition) is 2. The Morgan fingerprint density at radius 3 is 2.68 bits per heavy atom. The van der Waals surface area contributed by atoms with Crippen molar-refractivity contribution < 1.29 is 9.84 Å². The molecule has 19 heavy (non-hydrogen) atoms. The maximum Gasteiger partial charge on any atom is 0.0898 e. The second-order valence-corrected chi connectivity index (χ2v) is 6.82. The van der Waals surface area contributed by atoms with Crippen LogP contribution >= 0.6 is 11.3 Å². The number of ether oxygens (including phenoxy) is 1. The second kappa shape index (κ2) is 8.00.